The van der Waals surface area contributed by atoms with E-state index < -0.39 is 24.1 Å². The summed E-state index contributed by atoms with van der Waals surface area (Å²) >= 11 is 12.0. The van der Waals surface area contributed by atoms with E-state index in [1.165, 1.54) is 19.1 Å². The first kappa shape index (κ1) is 18.8. The number of benzene rings is 1. The molecule has 2 rings (SSSR count). The summed E-state index contributed by atoms with van der Waals surface area (Å²) in [6.07, 6.45) is -2.18. The smallest absolute Gasteiger partial charge is 0.413 e. The molecule has 0 aliphatic heterocycles. The molecule has 0 saturated heterocycles. The maximum absolute atomic E-state index is 12.0. The lowest BCUT2D eigenvalue weighted by Gasteiger charge is -2.11. The van der Waals surface area contributed by atoms with Crippen LogP contribution in [0, 0.1) is 0 Å². The van der Waals surface area contributed by atoms with E-state index in [-0.39, 0.29) is 10.8 Å². The van der Waals surface area contributed by atoms with Crippen molar-refractivity contribution in [2.75, 3.05) is 7.11 Å². The minimum Gasteiger partial charge on any atom is -0.453 e. The fourth-order valence-electron chi connectivity index (χ4n) is 1.81. The number of imide groups is 1. The van der Waals surface area contributed by atoms with Crippen LogP contribution < -0.4 is 5.32 Å². The molecule has 7 nitrogen and oxygen atoms in total. The monoisotopic (exact) mass is 385 g/mol. The first-order valence-corrected chi connectivity index (χ1v) is 7.73. The quantitative estimate of drug-likeness (QED) is 0.806. The Bertz CT molecular complexity index is 817. The van der Waals surface area contributed by atoms with Gasteiger partial charge in [-0.25, -0.2) is 9.59 Å². The number of ether oxygens (including phenoxy) is 2. The summed E-state index contributed by atoms with van der Waals surface area (Å²) in [5.41, 5.74) is 0.504. The number of methoxy groups -OCH3 is 1. The third-order valence-corrected chi connectivity index (χ3v) is 3.91. The summed E-state index contributed by atoms with van der Waals surface area (Å²) in [5, 5.41) is 2.51. The van der Waals surface area contributed by atoms with E-state index >= 15 is 0 Å². The molecular formula is C16H13Cl2NO6. The van der Waals surface area contributed by atoms with Crippen molar-refractivity contribution in [2.45, 2.75) is 13.0 Å². The molecule has 0 unspecified atom stereocenters. The van der Waals surface area contributed by atoms with Crippen molar-refractivity contribution < 1.29 is 28.3 Å². The van der Waals surface area contributed by atoms with Gasteiger partial charge < -0.3 is 13.9 Å². The number of carbonyl (C=O) groups excluding carboxylic acids is 3. The maximum Gasteiger partial charge on any atom is 0.413 e. The van der Waals surface area contributed by atoms with Crippen molar-refractivity contribution in [3.63, 3.8) is 0 Å². The van der Waals surface area contributed by atoms with Crippen molar-refractivity contribution in [1.82, 2.24) is 5.32 Å². The van der Waals surface area contributed by atoms with Crippen LogP contribution in [0.5, 0.6) is 0 Å². The average Bonchev–Trinajstić information content (AvgIpc) is 3.07. The van der Waals surface area contributed by atoms with Crippen LogP contribution in [0.1, 0.15) is 17.5 Å². The van der Waals surface area contributed by atoms with E-state index in [0.717, 1.165) is 7.11 Å². The van der Waals surface area contributed by atoms with Crippen LogP contribution in [-0.4, -0.2) is 31.2 Å². The summed E-state index contributed by atoms with van der Waals surface area (Å²) in [5.74, 6) is -1.53. The zero-order chi connectivity index (χ0) is 18.6. The Labute approximate surface area is 152 Å². The Hall–Kier alpha value is -2.51. The van der Waals surface area contributed by atoms with Gasteiger partial charge in [-0.15, -0.1) is 0 Å². The number of alkyl carbamates (subject to hydrolysis) is 1. The van der Waals surface area contributed by atoms with Gasteiger partial charge in [0.1, 0.15) is 5.76 Å². The molecule has 2 aromatic rings. The van der Waals surface area contributed by atoms with Gasteiger partial charge >= 0.3 is 12.1 Å². The lowest BCUT2D eigenvalue weighted by atomic mass is 10.2. The van der Waals surface area contributed by atoms with E-state index in [1.807, 2.05) is 5.32 Å². The first-order valence-electron chi connectivity index (χ1n) is 6.97. The van der Waals surface area contributed by atoms with Crippen LogP contribution in [0.25, 0.3) is 11.3 Å². The van der Waals surface area contributed by atoms with Gasteiger partial charge in [0, 0.05) is 5.56 Å². The predicted octanol–water partition coefficient (Wildman–Crippen LogP) is 3.68. The summed E-state index contributed by atoms with van der Waals surface area (Å²) in [6.45, 7) is 1.30. The van der Waals surface area contributed by atoms with Crippen LogP contribution in [0.15, 0.2) is 34.7 Å². The molecule has 132 valence electrons. The van der Waals surface area contributed by atoms with Crippen molar-refractivity contribution in [1.29, 1.82) is 0 Å². The van der Waals surface area contributed by atoms with Crippen molar-refractivity contribution in [3.8, 4) is 11.3 Å². The summed E-state index contributed by atoms with van der Waals surface area (Å²) in [6, 6.07) is 7.87. The van der Waals surface area contributed by atoms with Crippen LogP contribution in [0.4, 0.5) is 4.79 Å². The summed E-state index contributed by atoms with van der Waals surface area (Å²) in [7, 11) is 1.10. The summed E-state index contributed by atoms with van der Waals surface area (Å²) in [4.78, 5) is 34.6. The maximum atomic E-state index is 12.0. The molecule has 0 saturated carbocycles. The molecule has 1 N–H and O–H groups in total. The van der Waals surface area contributed by atoms with Gasteiger partial charge in [0.25, 0.3) is 5.91 Å². The number of esters is 1. The minimum absolute atomic E-state index is 0.135. The Morgan fingerprint density at radius 3 is 2.56 bits per heavy atom. The van der Waals surface area contributed by atoms with Gasteiger partial charge in [0.15, 0.2) is 6.10 Å². The van der Waals surface area contributed by atoms with E-state index in [1.54, 1.807) is 18.2 Å². The highest BCUT2D eigenvalue weighted by Gasteiger charge is 2.23. The third-order valence-electron chi connectivity index (χ3n) is 3.09. The Balaban J connectivity index is 2.09. The Morgan fingerprint density at radius 2 is 1.88 bits per heavy atom. The van der Waals surface area contributed by atoms with Crippen molar-refractivity contribution >= 4 is 41.2 Å². The topological polar surface area (TPSA) is 94.8 Å². The predicted molar refractivity (Wildman–Crippen MR) is 89.6 cm³/mol. The molecule has 0 bridgehead atoms. The van der Waals surface area contributed by atoms with Gasteiger partial charge in [-0.2, -0.15) is 0 Å². The second kappa shape index (κ2) is 8.04. The second-order valence-corrected chi connectivity index (χ2v) is 5.58. The largest absolute Gasteiger partial charge is 0.453 e. The average molecular weight is 386 g/mol. The van der Waals surface area contributed by atoms with E-state index in [2.05, 4.69) is 4.74 Å². The number of furan rings is 1. The van der Waals surface area contributed by atoms with E-state index in [4.69, 9.17) is 32.4 Å². The fourth-order valence-corrected chi connectivity index (χ4v) is 2.21. The lowest BCUT2D eigenvalue weighted by Crippen LogP contribution is -2.39. The molecular weight excluding hydrogens is 373 g/mol. The van der Waals surface area contributed by atoms with E-state index in [9.17, 15) is 14.4 Å². The molecule has 1 aromatic carbocycles. The molecule has 0 radical (unpaired) electrons. The van der Waals surface area contributed by atoms with Crippen molar-refractivity contribution in [3.05, 3.63) is 46.1 Å². The molecule has 2 amide bonds. The molecule has 0 aliphatic carbocycles. The number of halogens is 2. The van der Waals surface area contributed by atoms with Crippen LogP contribution in [0.2, 0.25) is 10.0 Å². The number of amides is 2. The number of hydrogen-bond donors (Lipinski definition) is 1. The highest BCUT2D eigenvalue weighted by molar-refractivity contribution is 6.43. The molecule has 1 aromatic heterocycles. The van der Waals surface area contributed by atoms with Crippen LogP contribution in [0.3, 0.4) is 0 Å². The standard InChI is InChI=1S/C16H13Cl2NO6/c1-8(14(20)19-16(22)23-2)24-15(21)12-7-6-11(25-12)9-4-3-5-10(17)13(9)18/h3-8H,1-2H3,(H,19,20,22)/t8-/m1/s1. The highest BCUT2D eigenvalue weighted by Crippen LogP contribution is 2.34. The van der Waals surface area contributed by atoms with Crippen LogP contribution >= 0.6 is 23.2 Å². The van der Waals surface area contributed by atoms with Crippen LogP contribution in [-0.2, 0) is 14.3 Å². The molecule has 1 heterocycles. The number of nitrogens with one attached hydrogen (secondary N) is 1. The van der Waals surface area contributed by atoms with Gasteiger partial charge in [-0.3, -0.25) is 10.1 Å². The fraction of sp³-hybridized carbons (Fsp3) is 0.188. The molecule has 9 heteroatoms. The number of rotatable bonds is 4. The Kier molecular flexibility index (Phi) is 6.06. The second-order valence-electron chi connectivity index (χ2n) is 4.79. The Morgan fingerprint density at radius 1 is 1.16 bits per heavy atom. The molecule has 0 aliphatic rings. The third kappa shape index (κ3) is 4.52. The first-order chi connectivity index (χ1) is 11.8. The number of carbonyl (C=O) groups is 3. The highest BCUT2D eigenvalue weighted by atomic mass is 35.5. The van der Waals surface area contributed by atoms with Gasteiger partial charge in [0.2, 0.25) is 5.76 Å². The molecule has 25 heavy (non-hydrogen) atoms. The number of hydrogen-bond acceptors (Lipinski definition) is 6. The molecule has 0 fully saturated rings. The SMILES string of the molecule is COC(=O)NC(=O)[C@@H](C)OC(=O)c1ccc(-c2cccc(Cl)c2Cl)o1. The van der Waals surface area contributed by atoms with Crippen molar-refractivity contribution in [2.24, 2.45) is 0 Å². The zero-order valence-electron chi connectivity index (χ0n) is 13.2. The van der Waals surface area contributed by atoms with Gasteiger partial charge in [-0.1, -0.05) is 29.3 Å². The van der Waals surface area contributed by atoms with E-state index in [0.29, 0.717) is 16.3 Å². The summed E-state index contributed by atoms with van der Waals surface area (Å²) < 4.78 is 14.6. The molecule has 0 spiro atoms. The zero-order valence-corrected chi connectivity index (χ0v) is 14.7. The molecule has 1 atom stereocenters. The minimum atomic E-state index is -1.23. The lowest BCUT2D eigenvalue weighted by molar-refractivity contribution is -0.128. The van der Waals surface area contributed by atoms with Gasteiger partial charge in [0.05, 0.1) is 17.2 Å². The normalized spacial score (nSPS) is 11.5. The van der Waals surface area contributed by atoms with Gasteiger partial charge in [-0.05, 0) is 31.2 Å².